The number of fused-ring (bicyclic) bond motifs is 2. The minimum absolute atomic E-state index is 0.264. The fourth-order valence-electron chi connectivity index (χ4n) is 3.98. The number of carbonyl (C=O) groups is 2. The van der Waals surface area contributed by atoms with Gasteiger partial charge in [-0.1, -0.05) is 60.7 Å². The van der Waals surface area contributed by atoms with E-state index < -0.39 is 11.9 Å². The third-order valence-corrected chi connectivity index (χ3v) is 5.23. The maximum absolute atomic E-state index is 13.1. The molecule has 4 aromatic carbocycles. The third kappa shape index (κ3) is 4.09. The van der Waals surface area contributed by atoms with Crippen LogP contribution in [0.2, 0.25) is 0 Å². The number of ether oxygens (including phenoxy) is 2. The molecule has 0 N–H and O–H groups in total. The molecule has 0 atom stereocenters. The van der Waals surface area contributed by atoms with Gasteiger partial charge < -0.3 is 9.47 Å². The molecule has 0 amide bonds. The van der Waals surface area contributed by atoms with Gasteiger partial charge in [0, 0.05) is 11.1 Å². The predicted molar refractivity (Wildman–Crippen MR) is 128 cm³/mol. The molecular formula is C28H26O4. The normalized spacial score (nSPS) is 11.3. The summed E-state index contributed by atoms with van der Waals surface area (Å²) in [5, 5.41) is 3.70. The highest BCUT2D eigenvalue weighted by Crippen LogP contribution is 2.40. The largest absolute Gasteiger partial charge is 0.459 e. The number of benzene rings is 4. The molecule has 0 aliphatic rings. The zero-order valence-electron chi connectivity index (χ0n) is 18.7. The van der Waals surface area contributed by atoms with E-state index in [-0.39, 0.29) is 12.2 Å². The quantitative estimate of drug-likeness (QED) is 0.330. The molecule has 0 unspecified atom stereocenters. The fourth-order valence-corrected chi connectivity index (χ4v) is 3.98. The summed E-state index contributed by atoms with van der Waals surface area (Å²) < 4.78 is 11.1. The standard InChI is InChI=1S/C28H26O4/c1-17(2)31-27(29)23-15-13-19-9-5-7-11-21(19)25(23)26-22-12-8-6-10-20(22)14-16-24(26)28(30)32-18(3)4/h5-18H,1-4H3. The molecule has 4 heteroatoms. The molecule has 0 aliphatic heterocycles. The summed E-state index contributed by atoms with van der Waals surface area (Å²) in [5.41, 5.74) is 2.21. The van der Waals surface area contributed by atoms with Gasteiger partial charge in [0.15, 0.2) is 0 Å². The van der Waals surface area contributed by atoms with Crippen molar-refractivity contribution in [3.8, 4) is 11.1 Å². The Hall–Kier alpha value is -3.66. The van der Waals surface area contributed by atoms with Crippen LogP contribution >= 0.6 is 0 Å². The number of rotatable bonds is 5. The first-order valence-electron chi connectivity index (χ1n) is 10.8. The van der Waals surface area contributed by atoms with Crippen molar-refractivity contribution < 1.29 is 19.1 Å². The van der Waals surface area contributed by atoms with Gasteiger partial charge in [-0.25, -0.2) is 9.59 Å². The van der Waals surface area contributed by atoms with Crippen molar-refractivity contribution in [1.29, 1.82) is 0 Å². The molecule has 0 saturated heterocycles. The van der Waals surface area contributed by atoms with Gasteiger partial charge >= 0.3 is 11.9 Å². The number of hydrogen-bond acceptors (Lipinski definition) is 4. The summed E-state index contributed by atoms with van der Waals surface area (Å²) in [6.45, 7) is 7.29. The smallest absolute Gasteiger partial charge is 0.339 e. The van der Waals surface area contributed by atoms with E-state index in [9.17, 15) is 9.59 Å². The first-order valence-corrected chi connectivity index (χ1v) is 10.8. The summed E-state index contributed by atoms with van der Waals surface area (Å²) in [6.07, 6.45) is -0.528. The third-order valence-electron chi connectivity index (χ3n) is 5.23. The van der Waals surface area contributed by atoms with E-state index in [4.69, 9.17) is 9.47 Å². The van der Waals surface area contributed by atoms with Crippen molar-refractivity contribution in [1.82, 2.24) is 0 Å². The Morgan fingerprint density at radius 3 is 1.31 bits per heavy atom. The van der Waals surface area contributed by atoms with Gasteiger partial charge in [0.1, 0.15) is 0 Å². The summed E-state index contributed by atoms with van der Waals surface area (Å²) in [5.74, 6) is -0.839. The minimum Gasteiger partial charge on any atom is -0.459 e. The Labute approximate surface area is 187 Å². The zero-order valence-corrected chi connectivity index (χ0v) is 18.7. The van der Waals surface area contributed by atoms with E-state index in [1.165, 1.54) is 0 Å². The molecule has 0 spiro atoms. The van der Waals surface area contributed by atoms with Gasteiger partial charge in [-0.05, 0) is 61.4 Å². The van der Waals surface area contributed by atoms with Crippen LogP contribution in [0, 0.1) is 0 Å². The van der Waals surface area contributed by atoms with Gasteiger partial charge in [0.05, 0.1) is 23.3 Å². The molecule has 4 aromatic rings. The molecule has 0 bridgehead atoms. The maximum Gasteiger partial charge on any atom is 0.339 e. The van der Waals surface area contributed by atoms with Gasteiger partial charge in [0.25, 0.3) is 0 Å². The molecule has 162 valence electrons. The Balaban J connectivity index is 2.12. The second-order valence-electron chi connectivity index (χ2n) is 8.33. The van der Waals surface area contributed by atoms with Gasteiger partial charge in [0.2, 0.25) is 0 Å². The lowest BCUT2D eigenvalue weighted by atomic mass is 9.87. The molecule has 0 aliphatic carbocycles. The van der Waals surface area contributed by atoms with E-state index in [1.807, 2.05) is 88.4 Å². The van der Waals surface area contributed by atoms with Gasteiger partial charge in [-0.3, -0.25) is 0 Å². The molecule has 4 nitrogen and oxygen atoms in total. The number of esters is 2. The lowest BCUT2D eigenvalue weighted by Crippen LogP contribution is -2.15. The Kier molecular flexibility index (Phi) is 5.95. The molecule has 0 aromatic heterocycles. The van der Waals surface area contributed by atoms with Crippen LogP contribution in [0.4, 0.5) is 0 Å². The summed E-state index contributed by atoms with van der Waals surface area (Å²) in [6, 6.07) is 23.1. The second kappa shape index (κ2) is 8.83. The van der Waals surface area contributed by atoms with Crippen LogP contribution in [-0.2, 0) is 9.47 Å². The van der Waals surface area contributed by atoms with E-state index in [2.05, 4.69) is 0 Å². The molecule has 0 saturated carbocycles. The predicted octanol–water partition coefficient (Wildman–Crippen LogP) is 6.79. The van der Waals surface area contributed by atoms with Crippen LogP contribution < -0.4 is 0 Å². The maximum atomic E-state index is 13.1. The highest BCUT2D eigenvalue weighted by atomic mass is 16.5. The topological polar surface area (TPSA) is 52.6 Å². The summed E-state index contributed by atoms with van der Waals surface area (Å²) in [7, 11) is 0. The van der Waals surface area contributed by atoms with Crippen LogP contribution in [0.25, 0.3) is 32.7 Å². The SMILES string of the molecule is CC(C)OC(=O)c1ccc2ccccc2c1-c1c(C(=O)OC(C)C)ccc2ccccc12. The molecule has 0 radical (unpaired) electrons. The van der Waals surface area contributed by atoms with Crippen LogP contribution in [0.15, 0.2) is 72.8 Å². The van der Waals surface area contributed by atoms with Crippen molar-refractivity contribution in [2.24, 2.45) is 0 Å². The molecular weight excluding hydrogens is 400 g/mol. The van der Waals surface area contributed by atoms with E-state index >= 15 is 0 Å². The first kappa shape index (κ1) is 21.6. The Morgan fingerprint density at radius 1 is 0.562 bits per heavy atom. The minimum atomic E-state index is -0.420. The van der Waals surface area contributed by atoms with Crippen molar-refractivity contribution in [3.63, 3.8) is 0 Å². The van der Waals surface area contributed by atoms with Crippen molar-refractivity contribution in [3.05, 3.63) is 83.9 Å². The van der Waals surface area contributed by atoms with E-state index in [0.29, 0.717) is 22.3 Å². The molecule has 0 heterocycles. The Bertz CT molecular complexity index is 1210. The fraction of sp³-hybridized carbons (Fsp3) is 0.214. The van der Waals surface area contributed by atoms with Crippen LogP contribution in [0.1, 0.15) is 48.4 Å². The van der Waals surface area contributed by atoms with Crippen molar-refractivity contribution in [2.45, 2.75) is 39.9 Å². The zero-order chi connectivity index (χ0) is 22.8. The van der Waals surface area contributed by atoms with Crippen molar-refractivity contribution >= 4 is 33.5 Å². The number of hydrogen-bond donors (Lipinski definition) is 0. The van der Waals surface area contributed by atoms with Gasteiger partial charge in [-0.2, -0.15) is 0 Å². The molecule has 4 rings (SSSR count). The average molecular weight is 427 g/mol. The monoisotopic (exact) mass is 426 g/mol. The molecule has 0 fully saturated rings. The average Bonchev–Trinajstić information content (AvgIpc) is 2.76. The number of carbonyl (C=O) groups excluding carboxylic acids is 2. The van der Waals surface area contributed by atoms with Crippen LogP contribution in [-0.4, -0.2) is 24.1 Å². The lowest BCUT2D eigenvalue weighted by molar-refractivity contribution is 0.0365. The highest BCUT2D eigenvalue weighted by molar-refractivity contribution is 6.17. The summed E-state index contributed by atoms with van der Waals surface area (Å²) >= 11 is 0. The first-order chi connectivity index (χ1) is 15.4. The van der Waals surface area contributed by atoms with E-state index in [1.54, 1.807) is 12.1 Å². The summed E-state index contributed by atoms with van der Waals surface area (Å²) in [4.78, 5) is 26.3. The lowest BCUT2D eigenvalue weighted by Gasteiger charge is -2.19. The van der Waals surface area contributed by atoms with Crippen LogP contribution in [0.3, 0.4) is 0 Å². The Morgan fingerprint density at radius 2 is 0.938 bits per heavy atom. The second-order valence-corrected chi connectivity index (χ2v) is 8.33. The van der Waals surface area contributed by atoms with Gasteiger partial charge in [-0.15, -0.1) is 0 Å². The van der Waals surface area contributed by atoms with Crippen LogP contribution in [0.5, 0.6) is 0 Å². The van der Waals surface area contributed by atoms with E-state index in [0.717, 1.165) is 21.5 Å². The van der Waals surface area contributed by atoms with Crippen molar-refractivity contribution in [2.75, 3.05) is 0 Å². The highest BCUT2D eigenvalue weighted by Gasteiger charge is 2.25. The molecule has 32 heavy (non-hydrogen) atoms.